The van der Waals surface area contributed by atoms with Crippen LogP contribution in [0.2, 0.25) is 0 Å². The first-order chi connectivity index (χ1) is 20.2. The summed E-state index contributed by atoms with van der Waals surface area (Å²) >= 11 is 3.05. The van der Waals surface area contributed by atoms with E-state index in [0.29, 0.717) is 27.8 Å². The maximum absolute atomic E-state index is 13.5. The first-order valence-electron chi connectivity index (χ1n) is 13.0. The predicted molar refractivity (Wildman–Crippen MR) is 167 cm³/mol. The number of hydrogen-bond acceptors (Lipinski definition) is 7. The molecule has 0 N–H and O–H groups in total. The van der Waals surface area contributed by atoms with Gasteiger partial charge in [-0.1, -0.05) is 102 Å². The topological polar surface area (TPSA) is 73.0 Å². The molecule has 0 saturated heterocycles. The van der Waals surface area contributed by atoms with Crippen LogP contribution < -0.4 is 5.56 Å². The van der Waals surface area contributed by atoms with Crippen LogP contribution in [0.1, 0.15) is 0 Å². The maximum Gasteiger partial charge on any atom is 0.267 e. The third-order valence-electron chi connectivity index (χ3n) is 6.95. The Bertz CT molecular complexity index is 2230. The number of fused-ring (bicyclic) bond motifs is 4. The first kappa shape index (κ1) is 23.8. The molecule has 0 aliphatic rings. The number of nitrogens with zero attached hydrogens (tertiary/aromatic N) is 5. The van der Waals surface area contributed by atoms with E-state index in [4.69, 9.17) is 19.9 Å². The van der Waals surface area contributed by atoms with E-state index in [-0.39, 0.29) is 5.56 Å². The van der Waals surface area contributed by atoms with Gasteiger partial charge in [0.1, 0.15) is 4.83 Å². The van der Waals surface area contributed by atoms with E-state index in [1.54, 1.807) is 4.40 Å². The summed E-state index contributed by atoms with van der Waals surface area (Å²) in [6.45, 7) is 0. The largest absolute Gasteiger partial charge is 0.268 e. The molecule has 4 aromatic carbocycles. The molecule has 0 saturated carbocycles. The van der Waals surface area contributed by atoms with E-state index in [1.807, 2.05) is 109 Å². The molecular formula is C33H19N5OS2. The third kappa shape index (κ3) is 4.12. The van der Waals surface area contributed by atoms with Crippen molar-refractivity contribution in [2.24, 2.45) is 0 Å². The highest BCUT2D eigenvalue weighted by molar-refractivity contribution is 7.24. The summed E-state index contributed by atoms with van der Waals surface area (Å²) in [5.41, 5.74) is 4.54. The van der Waals surface area contributed by atoms with E-state index >= 15 is 0 Å². The van der Waals surface area contributed by atoms with Crippen LogP contribution in [0.3, 0.4) is 0 Å². The van der Waals surface area contributed by atoms with Crippen molar-refractivity contribution in [3.63, 3.8) is 0 Å². The normalized spacial score (nSPS) is 11.5. The van der Waals surface area contributed by atoms with Crippen molar-refractivity contribution in [3.05, 3.63) is 126 Å². The number of thiazole rings is 1. The van der Waals surface area contributed by atoms with Gasteiger partial charge in [-0.05, 0) is 29.8 Å². The first-order valence-corrected chi connectivity index (χ1v) is 14.7. The zero-order valence-electron chi connectivity index (χ0n) is 21.4. The average Bonchev–Trinajstić information content (AvgIpc) is 3.64. The average molecular weight is 566 g/mol. The summed E-state index contributed by atoms with van der Waals surface area (Å²) in [6, 6.07) is 37.8. The molecule has 0 spiro atoms. The van der Waals surface area contributed by atoms with Gasteiger partial charge in [-0.3, -0.25) is 9.20 Å². The molecule has 8 heteroatoms. The second-order valence-corrected chi connectivity index (χ2v) is 11.6. The van der Waals surface area contributed by atoms with Gasteiger partial charge in [-0.15, -0.1) is 11.3 Å². The fourth-order valence-corrected chi connectivity index (χ4v) is 7.05. The number of aromatic nitrogens is 5. The van der Waals surface area contributed by atoms with Gasteiger partial charge in [0.15, 0.2) is 22.4 Å². The van der Waals surface area contributed by atoms with E-state index in [9.17, 15) is 4.79 Å². The van der Waals surface area contributed by atoms with Crippen LogP contribution in [-0.4, -0.2) is 24.3 Å². The van der Waals surface area contributed by atoms with Crippen molar-refractivity contribution in [1.82, 2.24) is 24.3 Å². The van der Waals surface area contributed by atoms with Crippen LogP contribution in [0.5, 0.6) is 0 Å². The number of benzene rings is 4. The standard InChI is InChI=1S/C33H19N5OS2/c39-32-24-19-27(40-31(24)37-33-38(32)25-16-7-8-17-26(25)41-33)22-14-9-15-23(18-22)30-35-28(20-10-3-1-4-11-20)34-29(36-30)21-12-5-2-6-13-21/h1-19H. The smallest absolute Gasteiger partial charge is 0.267 e. The molecule has 0 radical (unpaired) electrons. The van der Waals surface area contributed by atoms with E-state index in [2.05, 4.69) is 6.07 Å². The van der Waals surface area contributed by atoms with Gasteiger partial charge in [0.25, 0.3) is 5.56 Å². The van der Waals surface area contributed by atoms with E-state index < -0.39 is 0 Å². The van der Waals surface area contributed by atoms with Crippen molar-refractivity contribution in [2.75, 3.05) is 0 Å². The molecule has 0 unspecified atom stereocenters. The van der Waals surface area contributed by atoms with Crippen LogP contribution >= 0.6 is 22.7 Å². The molecule has 0 aliphatic carbocycles. The van der Waals surface area contributed by atoms with Gasteiger partial charge in [0.05, 0.1) is 15.6 Å². The van der Waals surface area contributed by atoms with Gasteiger partial charge in [0, 0.05) is 21.6 Å². The molecule has 8 rings (SSSR count). The summed E-state index contributed by atoms with van der Waals surface area (Å²) in [4.78, 5) is 35.4. The Balaban J connectivity index is 1.26. The third-order valence-corrected chi connectivity index (χ3v) is 9.05. The Morgan fingerprint density at radius 1 is 0.537 bits per heavy atom. The lowest BCUT2D eigenvalue weighted by atomic mass is 10.1. The second kappa shape index (κ2) is 9.55. The number of rotatable bonds is 4. The number of thiophene rings is 1. The Morgan fingerprint density at radius 2 is 1.12 bits per heavy atom. The van der Waals surface area contributed by atoms with Crippen molar-refractivity contribution < 1.29 is 0 Å². The van der Waals surface area contributed by atoms with Crippen molar-refractivity contribution in [1.29, 1.82) is 0 Å². The SMILES string of the molecule is O=c1c2cc(-c3cccc(-c4nc(-c5ccccc5)nc(-c5ccccc5)n4)c3)sc2nc2sc3ccccc3n12. The Morgan fingerprint density at radius 3 is 1.83 bits per heavy atom. The molecule has 4 heterocycles. The highest BCUT2D eigenvalue weighted by Crippen LogP contribution is 2.35. The van der Waals surface area contributed by atoms with Gasteiger partial charge in [0.2, 0.25) is 0 Å². The minimum Gasteiger partial charge on any atom is -0.268 e. The zero-order chi connectivity index (χ0) is 27.3. The Hall–Kier alpha value is -5.05. The minimum atomic E-state index is -0.0430. The maximum atomic E-state index is 13.5. The van der Waals surface area contributed by atoms with Crippen LogP contribution in [-0.2, 0) is 0 Å². The quantitative estimate of drug-likeness (QED) is 0.216. The van der Waals surface area contributed by atoms with Crippen molar-refractivity contribution in [3.8, 4) is 44.6 Å². The molecule has 0 aliphatic heterocycles. The molecule has 0 amide bonds. The molecular weight excluding hydrogens is 547 g/mol. The highest BCUT2D eigenvalue weighted by atomic mass is 32.1. The molecule has 4 aromatic heterocycles. The summed E-state index contributed by atoms with van der Waals surface area (Å²) in [7, 11) is 0. The Labute approximate surface area is 241 Å². The van der Waals surface area contributed by atoms with Gasteiger partial charge in [-0.2, -0.15) is 0 Å². The minimum absolute atomic E-state index is 0.0430. The van der Waals surface area contributed by atoms with Crippen molar-refractivity contribution >= 4 is 48.1 Å². The molecule has 6 nitrogen and oxygen atoms in total. The second-order valence-electron chi connectivity index (χ2n) is 9.55. The molecule has 8 aromatic rings. The highest BCUT2D eigenvalue weighted by Gasteiger charge is 2.16. The Kier molecular flexibility index (Phi) is 5.54. The summed E-state index contributed by atoms with van der Waals surface area (Å²) in [5.74, 6) is 1.82. The zero-order valence-corrected chi connectivity index (χ0v) is 23.1. The predicted octanol–water partition coefficient (Wildman–Crippen LogP) is 7.98. The van der Waals surface area contributed by atoms with E-state index in [1.165, 1.54) is 22.7 Å². The summed E-state index contributed by atoms with van der Waals surface area (Å²) < 4.78 is 2.76. The van der Waals surface area contributed by atoms with Gasteiger partial charge >= 0.3 is 0 Å². The lowest BCUT2D eigenvalue weighted by Gasteiger charge is -2.09. The molecule has 0 bridgehead atoms. The summed E-state index contributed by atoms with van der Waals surface area (Å²) in [5, 5.41) is 0.620. The molecule has 0 fully saturated rings. The fourth-order valence-electron chi connectivity index (χ4n) is 4.96. The molecule has 41 heavy (non-hydrogen) atoms. The molecule has 194 valence electrons. The van der Waals surface area contributed by atoms with Gasteiger partial charge in [-0.25, -0.2) is 19.9 Å². The molecule has 0 atom stereocenters. The lowest BCUT2D eigenvalue weighted by Crippen LogP contribution is -2.12. The van der Waals surface area contributed by atoms with Crippen LogP contribution in [0, 0.1) is 0 Å². The van der Waals surface area contributed by atoms with Gasteiger partial charge < -0.3 is 0 Å². The van der Waals surface area contributed by atoms with E-state index in [0.717, 1.165) is 42.2 Å². The lowest BCUT2D eigenvalue weighted by molar-refractivity contribution is 1.07. The summed E-state index contributed by atoms with van der Waals surface area (Å²) in [6.07, 6.45) is 0. The number of hydrogen-bond donors (Lipinski definition) is 0. The van der Waals surface area contributed by atoms with Crippen LogP contribution in [0.15, 0.2) is 120 Å². The fraction of sp³-hybridized carbons (Fsp3) is 0. The van der Waals surface area contributed by atoms with Crippen molar-refractivity contribution in [2.45, 2.75) is 0 Å². The van der Waals surface area contributed by atoms with Crippen LogP contribution in [0.25, 0.3) is 70.0 Å². The number of para-hydroxylation sites is 1. The van der Waals surface area contributed by atoms with Crippen LogP contribution in [0.4, 0.5) is 0 Å². The monoisotopic (exact) mass is 565 g/mol.